The first kappa shape index (κ1) is 12.2. The predicted octanol–water partition coefficient (Wildman–Crippen LogP) is 3.56. The van der Waals surface area contributed by atoms with Crippen molar-refractivity contribution in [3.8, 4) is 0 Å². The molecule has 0 spiro atoms. The number of benzene rings is 1. The molecule has 2 rings (SSSR count). The third-order valence-corrected chi connectivity index (χ3v) is 3.13. The highest BCUT2D eigenvalue weighted by Gasteiger charge is 2.08. The molecule has 0 radical (unpaired) electrons. The van der Waals surface area contributed by atoms with Gasteiger partial charge < -0.3 is 5.32 Å². The number of nitrogens with zero attached hydrogens (tertiary/aromatic N) is 2. The number of hydrogen-bond acceptors (Lipinski definition) is 4. The number of thioether (sulfide) groups is 1. The molecule has 0 aliphatic rings. The minimum absolute atomic E-state index is 0.491. The van der Waals surface area contributed by atoms with Gasteiger partial charge in [0.1, 0.15) is 5.82 Å². The van der Waals surface area contributed by atoms with E-state index in [4.69, 9.17) is 0 Å². The second-order valence-corrected chi connectivity index (χ2v) is 5.61. The van der Waals surface area contributed by atoms with Gasteiger partial charge in [0, 0.05) is 17.2 Å². The Labute approximate surface area is 106 Å². The van der Waals surface area contributed by atoms with E-state index in [9.17, 15) is 0 Å². The molecule has 0 amide bonds. The molecule has 0 saturated heterocycles. The van der Waals surface area contributed by atoms with Gasteiger partial charge in [0.15, 0.2) is 5.16 Å². The molecule has 0 aliphatic heterocycles. The summed E-state index contributed by atoms with van der Waals surface area (Å²) >= 11 is 1.69. The van der Waals surface area contributed by atoms with Crippen LogP contribution in [0.15, 0.2) is 29.4 Å². The van der Waals surface area contributed by atoms with Crippen LogP contribution in [0.25, 0.3) is 10.9 Å². The molecule has 4 heteroatoms. The highest BCUT2D eigenvalue weighted by molar-refractivity contribution is 7.99. The summed E-state index contributed by atoms with van der Waals surface area (Å²) in [6.07, 6.45) is 0. The Balaban J connectivity index is 2.50. The van der Waals surface area contributed by atoms with Crippen LogP contribution in [-0.2, 0) is 0 Å². The smallest absolute Gasteiger partial charge is 0.190 e. The number of anilines is 1. The summed E-state index contributed by atoms with van der Waals surface area (Å²) in [6.45, 7) is 7.24. The summed E-state index contributed by atoms with van der Waals surface area (Å²) in [5, 5.41) is 5.72. The molecule has 0 bridgehead atoms. The lowest BCUT2D eigenvalue weighted by Crippen LogP contribution is -2.03. The largest absolute Gasteiger partial charge is 0.370 e. The van der Waals surface area contributed by atoms with Crippen LogP contribution < -0.4 is 5.32 Å². The van der Waals surface area contributed by atoms with E-state index in [0.29, 0.717) is 5.25 Å². The molecular formula is C13H17N3S. The van der Waals surface area contributed by atoms with Crippen LogP contribution in [-0.4, -0.2) is 21.8 Å². The molecule has 0 unspecified atom stereocenters. The predicted molar refractivity (Wildman–Crippen MR) is 74.7 cm³/mol. The van der Waals surface area contributed by atoms with Gasteiger partial charge in [-0.1, -0.05) is 37.7 Å². The Morgan fingerprint density at radius 1 is 1.24 bits per heavy atom. The van der Waals surface area contributed by atoms with Crippen molar-refractivity contribution in [1.29, 1.82) is 0 Å². The van der Waals surface area contributed by atoms with Gasteiger partial charge in [0.05, 0.1) is 5.52 Å². The van der Waals surface area contributed by atoms with E-state index in [1.54, 1.807) is 11.8 Å². The third-order valence-electron chi connectivity index (χ3n) is 2.27. The maximum Gasteiger partial charge on any atom is 0.190 e. The van der Waals surface area contributed by atoms with E-state index in [1.807, 2.05) is 18.2 Å². The van der Waals surface area contributed by atoms with E-state index < -0.39 is 0 Å². The molecule has 3 nitrogen and oxygen atoms in total. The number of aromatic nitrogens is 2. The average molecular weight is 247 g/mol. The van der Waals surface area contributed by atoms with Crippen molar-refractivity contribution in [1.82, 2.24) is 9.97 Å². The molecule has 0 aliphatic carbocycles. The number of hydrogen-bond donors (Lipinski definition) is 1. The fourth-order valence-electron chi connectivity index (χ4n) is 1.62. The van der Waals surface area contributed by atoms with Gasteiger partial charge in [0.2, 0.25) is 0 Å². The van der Waals surface area contributed by atoms with E-state index in [-0.39, 0.29) is 0 Å². The molecule has 1 N–H and O–H groups in total. The van der Waals surface area contributed by atoms with Crippen molar-refractivity contribution in [2.24, 2.45) is 0 Å². The van der Waals surface area contributed by atoms with Gasteiger partial charge in [0.25, 0.3) is 0 Å². The Kier molecular flexibility index (Phi) is 3.84. The number of rotatable bonds is 4. The zero-order chi connectivity index (χ0) is 12.3. The molecule has 17 heavy (non-hydrogen) atoms. The van der Waals surface area contributed by atoms with Crippen LogP contribution in [0, 0.1) is 0 Å². The molecule has 90 valence electrons. The maximum absolute atomic E-state index is 4.57. The van der Waals surface area contributed by atoms with Crippen LogP contribution >= 0.6 is 11.8 Å². The minimum atomic E-state index is 0.491. The van der Waals surface area contributed by atoms with Crippen LogP contribution in [0.4, 0.5) is 5.82 Å². The first-order chi connectivity index (χ1) is 8.20. The lowest BCUT2D eigenvalue weighted by Gasteiger charge is -2.10. The van der Waals surface area contributed by atoms with Crippen LogP contribution in [0.1, 0.15) is 20.8 Å². The second-order valence-electron chi connectivity index (χ2n) is 4.07. The highest BCUT2D eigenvalue weighted by Crippen LogP contribution is 2.26. The summed E-state index contributed by atoms with van der Waals surface area (Å²) in [7, 11) is 0. The summed E-state index contributed by atoms with van der Waals surface area (Å²) in [5.74, 6) is 0.932. The van der Waals surface area contributed by atoms with Crippen molar-refractivity contribution in [2.45, 2.75) is 31.2 Å². The van der Waals surface area contributed by atoms with Crippen molar-refractivity contribution in [3.63, 3.8) is 0 Å². The topological polar surface area (TPSA) is 37.8 Å². The molecular weight excluding hydrogens is 230 g/mol. The van der Waals surface area contributed by atoms with Crippen molar-refractivity contribution in [2.75, 3.05) is 11.9 Å². The monoisotopic (exact) mass is 247 g/mol. The fraction of sp³-hybridized carbons (Fsp3) is 0.385. The van der Waals surface area contributed by atoms with Crippen molar-refractivity contribution in [3.05, 3.63) is 24.3 Å². The van der Waals surface area contributed by atoms with Gasteiger partial charge in [-0.2, -0.15) is 0 Å². The number of nitrogens with one attached hydrogen (secondary N) is 1. The van der Waals surface area contributed by atoms with Crippen molar-refractivity contribution < 1.29 is 0 Å². The standard InChI is InChI=1S/C13H17N3S/c1-4-14-12-10-7-5-6-8-11(10)15-13(16-12)17-9(2)3/h5-9H,4H2,1-3H3,(H,14,15,16). The molecule has 2 aromatic rings. The van der Waals surface area contributed by atoms with Crippen LogP contribution in [0.5, 0.6) is 0 Å². The third kappa shape index (κ3) is 2.88. The SMILES string of the molecule is CCNc1nc(SC(C)C)nc2ccccc12. The van der Waals surface area contributed by atoms with E-state index in [1.165, 1.54) is 0 Å². The van der Waals surface area contributed by atoms with Gasteiger partial charge in [-0.3, -0.25) is 0 Å². The Hall–Kier alpha value is -1.29. The number of fused-ring (bicyclic) bond motifs is 1. The van der Waals surface area contributed by atoms with Gasteiger partial charge >= 0.3 is 0 Å². The lowest BCUT2D eigenvalue weighted by atomic mass is 10.2. The Morgan fingerprint density at radius 2 is 2.00 bits per heavy atom. The van der Waals surface area contributed by atoms with Gasteiger partial charge in [-0.15, -0.1) is 0 Å². The quantitative estimate of drug-likeness (QED) is 0.662. The fourth-order valence-corrected chi connectivity index (χ4v) is 2.34. The zero-order valence-corrected chi connectivity index (χ0v) is 11.2. The molecule has 1 heterocycles. The average Bonchev–Trinajstić information content (AvgIpc) is 2.28. The molecule has 0 fully saturated rings. The summed E-state index contributed by atoms with van der Waals surface area (Å²) in [4.78, 5) is 9.14. The van der Waals surface area contributed by atoms with Crippen LogP contribution in [0.2, 0.25) is 0 Å². The van der Waals surface area contributed by atoms with Gasteiger partial charge in [-0.05, 0) is 19.1 Å². The normalized spacial score (nSPS) is 11.1. The van der Waals surface area contributed by atoms with E-state index in [0.717, 1.165) is 28.4 Å². The van der Waals surface area contributed by atoms with Gasteiger partial charge in [-0.25, -0.2) is 9.97 Å². The minimum Gasteiger partial charge on any atom is -0.370 e. The molecule has 1 aromatic carbocycles. The van der Waals surface area contributed by atoms with Crippen molar-refractivity contribution >= 4 is 28.5 Å². The second kappa shape index (κ2) is 5.36. The Bertz CT molecular complexity index is 511. The number of para-hydroxylation sites is 1. The highest BCUT2D eigenvalue weighted by atomic mass is 32.2. The summed E-state index contributed by atoms with van der Waals surface area (Å²) in [5.41, 5.74) is 1.00. The molecule has 1 aromatic heterocycles. The lowest BCUT2D eigenvalue weighted by molar-refractivity contribution is 0.977. The zero-order valence-electron chi connectivity index (χ0n) is 10.4. The summed E-state index contributed by atoms with van der Waals surface area (Å²) < 4.78 is 0. The maximum atomic E-state index is 4.57. The van der Waals surface area contributed by atoms with Crippen LogP contribution in [0.3, 0.4) is 0 Å². The first-order valence-corrected chi connectivity index (χ1v) is 6.76. The first-order valence-electron chi connectivity index (χ1n) is 5.88. The van der Waals surface area contributed by atoms with E-state index >= 15 is 0 Å². The molecule has 0 atom stereocenters. The summed E-state index contributed by atoms with van der Waals surface area (Å²) in [6, 6.07) is 8.11. The molecule has 0 saturated carbocycles. The van der Waals surface area contributed by atoms with E-state index in [2.05, 4.69) is 42.1 Å². The Morgan fingerprint density at radius 3 is 2.71 bits per heavy atom.